The number of β-amino-alcohol motifs (C(OH)–C–C–N with tert-alkyl or cyclic N) is 1. The van der Waals surface area contributed by atoms with Gasteiger partial charge in [0.1, 0.15) is 29.7 Å². The van der Waals surface area contributed by atoms with Gasteiger partial charge < -0.3 is 9.84 Å². The first-order valence-corrected chi connectivity index (χ1v) is 8.51. The number of aromatic nitrogens is 3. The van der Waals surface area contributed by atoms with Gasteiger partial charge in [-0.1, -0.05) is 17.3 Å². The summed E-state index contributed by atoms with van der Waals surface area (Å²) in [5.41, 5.74) is 0.197. The zero-order chi connectivity index (χ0) is 17.9. The summed E-state index contributed by atoms with van der Waals surface area (Å²) in [6.07, 6.45) is 2.45. The largest absolute Gasteiger partial charge is 0.491 e. The molecule has 0 radical (unpaired) electrons. The first-order valence-electron chi connectivity index (χ1n) is 8.51. The van der Waals surface area contributed by atoms with Crippen molar-refractivity contribution < 1.29 is 9.84 Å². The van der Waals surface area contributed by atoms with Crippen LogP contribution in [0.15, 0.2) is 30.5 Å². The molecule has 2 aromatic rings. The van der Waals surface area contributed by atoms with E-state index in [1.165, 1.54) is 0 Å². The molecule has 7 heteroatoms. The van der Waals surface area contributed by atoms with E-state index < -0.39 is 5.60 Å². The highest BCUT2D eigenvalue weighted by Crippen LogP contribution is 2.30. The average molecular weight is 341 g/mol. The van der Waals surface area contributed by atoms with E-state index in [2.05, 4.69) is 21.3 Å². The molecule has 0 spiro atoms. The van der Waals surface area contributed by atoms with E-state index in [0.29, 0.717) is 43.1 Å². The van der Waals surface area contributed by atoms with E-state index in [1.807, 2.05) is 32.2 Å². The summed E-state index contributed by atoms with van der Waals surface area (Å²) in [6, 6.07) is 9.54. The molecule has 3 rings (SSSR count). The number of ether oxygens (including phenoxy) is 1. The minimum absolute atomic E-state index is 0.218. The van der Waals surface area contributed by atoms with Gasteiger partial charge in [0.15, 0.2) is 0 Å². The van der Waals surface area contributed by atoms with Crippen molar-refractivity contribution in [3.8, 4) is 11.8 Å². The Hall–Kier alpha value is -2.43. The molecular weight excluding hydrogens is 318 g/mol. The predicted octanol–water partition coefficient (Wildman–Crippen LogP) is 1.70. The third-order valence-electron chi connectivity index (χ3n) is 4.52. The molecule has 1 fully saturated rings. The fourth-order valence-corrected chi connectivity index (χ4v) is 2.98. The summed E-state index contributed by atoms with van der Waals surface area (Å²) in [7, 11) is 0. The van der Waals surface area contributed by atoms with Gasteiger partial charge in [-0.2, -0.15) is 5.26 Å². The van der Waals surface area contributed by atoms with E-state index in [1.54, 1.807) is 16.8 Å². The molecule has 0 amide bonds. The van der Waals surface area contributed by atoms with Crippen molar-refractivity contribution in [3.63, 3.8) is 0 Å². The second-order valence-electron chi connectivity index (χ2n) is 6.69. The van der Waals surface area contributed by atoms with Crippen LogP contribution < -0.4 is 4.74 Å². The number of benzene rings is 1. The Balaban J connectivity index is 1.55. The van der Waals surface area contributed by atoms with Gasteiger partial charge in [0.05, 0.1) is 11.8 Å². The maximum absolute atomic E-state index is 10.9. The summed E-state index contributed by atoms with van der Waals surface area (Å²) in [6.45, 7) is 6.48. The molecule has 1 aromatic carbocycles. The molecule has 132 valence electrons. The van der Waals surface area contributed by atoms with Crippen LogP contribution in [0.4, 0.5) is 0 Å². The van der Waals surface area contributed by atoms with Crippen molar-refractivity contribution in [3.05, 3.63) is 41.7 Å². The third kappa shape index (κ3) is 3.81. The van der Waals surface area contributed by atoms with Gasteiger partial charge in [-0.15, -0.1) is 5.10 Å². The van der Waals surface area contributed by atoms with Crippen molar-refractivity contribution in [1.82, 2.24) is 19.9 Å². The van der Waals surface area contributed by atoms with Crippen LogP contribution in [0.5, 0.6) is 5.75 Å². The highest BCUT2D eigenvalue weighted by atomic mass is 16.5. The SMILES string of the molecule is CC(C)n1cc([C@]2(O)CCN(CCOc3ccccc3C#N)C2)nn1. The first-order chi connectivity index (χ1) is 12.0. The molecule has 7 nitrogen and oxygen atoms in total. The van der Waals surface area contributed by atoms with Crippen LogP contribution in [0.2, 0.25) is 0 Å². The molecule has 0 bridgehead atoms. The van der Waals surface area contributed by atoms with Crippen LogP contribution in [0.3, 0.4) is 0 Å². The lowest BCUT2D eigenvalue weighted by Gasteiger charge is -2.21. The smallest absolute Gasteiger partial charge is 0.137 e. The maximum Gasteiger partial charge on any atom is 0.137 e. The summed E-state index contributed by atoms with van der Waals surface area (Å²) >= 11 is 0. The van der Waals surface area contributed by atoms with Crippen LogP contribution >= 0.6 is 0 Å². The van der Waals surface area contributed by atoms with Gasteiger partial charge in [0.2, 0.25) is 0 Å². The van der Waals surface area contributed by atoms with Crippen LogP contribution in [0, 0.1) is 11.3 Å². The minimum Gasteiger partial charge on any atom is -0.491 e. The van der Waals surface area contributed by atoms with E-state index >= 15 is 0 Å². The number of para-hydroxylation sites is 1. The number of rotatable bonds is 6. The second-order valence-corrected chi connectivity index (χ2v) is 6.69. The van der Waals surface area contributed by atoms with Crippen LogP contribution in [-0.2, 0) is 5.60 Å². The lowest BCUT2D eigenvalue weighted by atomic mass is 10.00. The quantitative estimate of drug-likeness (QED) is 0.860. The molecule has 25 heavy (non-hydrogen) atoms. The van der Waals surface area contributed by atoms with Crippen LogP contribution in [-0.4, -0.2) is 51.2 Å². The van der Waals surface area contributed by atoms with E-state index in [-0.39, 0.29) is 6.04 Å². The summed E-state index contributed by atoms with van der Waals surface area (Å²) in [4.78, 5) is 2.14. The molecule has 0 saturated carbocycles. The number of likely N-dealkylation sites (tertiary alicyclic amines) is 1. The van der Waals surface area contributed by atoms with Crippen LogP contribution in [0.25, 0.3) is 0 Å². The zero-order valence-electron chi connectivity index (χ0n) is 14.6. The number of nitriles is 1. The Bertz CT molecular complexity index is 767. The van der Waals surface area contributed by atoms with Crippen molar-refractivity contribution in [2.24, 2.45) is 0 Å². The van der Waals surface area contributed by atoms with Gasteiger partial charge in [-0.25, -0.2) is 4.68 Å². The molecule has 1 atom stereocenters. The number of aliphatic hydroxyl groups is 1. The fourth-order valence-electron chi connectivity index (χ4n) is 2.98. The fraction of sp³-hybridized carbons (Fsp3) is 0.500. The molecular formula is C18H23N5O2. The monoisotopic (exact) mass is 341 g/mol. The van der Waals surface area contributed by atoms with Crippen molar-refractivity contribution in [2.45, 2.75) is 31.9 Å². The molecule has 1 aromatic heterocycles. The standard InChI is InChI=1S/C18H23N5O2/c1-14(2)23-12-17(20-21-23)18(24)7-8-22(13-18)9-10-25-16-6-4-3-5-15(16)11-19/h3-6,12,14,24H,7-10,13H2,1-2H3/t18-/m0/s1. The van der Waals surface area contributed by atoms with Crippen LogP contribution in [0.1, 0.15) is 37.6 Å². The minimum atomic E-state index is -0.961. The number of nitrogens with zero attached hydrogens (tertiary/aromatic N) is 5. The Morgan fingerprint density at radius 1 is 1.40 bits per heavy atom. The Kier molecular flexibility index (Phi) is 5.02. The highest BCUT2D eigenvalue weighted by Gasteiger charge is 2.40. The molecule has 0 unspecified atom stereocenters. The molecule has 0 aliphatic carbocycles. The van der Waals surface area contributed by atoms with Gasteiger partial charge in [0, 0.05) is 25.7 Å². The lowest BCUT2D eigenvalue weighted by Crippen LogP contribution is -2.33. The maximum atomic E-state index is 10.9. The molecule has 1 aliphatic rings. The average Bonchev–Trinajstić information content (AvgIpc) is 3.24. The van der Waals surface area contributed by atoms with Crippen molar-refractivity contribution >= 4 is 0 Å². The van der Waals surface area contributed by atoms with E-state index in [0.717, 1.165) is 6.54 Å². The highest BCUT2D eigenvalue weighted by molar-refractivity contribution is 5.42. The molecule has 1 saturated heterocycles. The Morgan fingerprint density at radius 2 is 2.20 bits per heavy atom. The van der Waals surface area contributed by atoms with Crippen molar-refractivity contribution in [1.29, 1.82) is 5.26 Å². The van der Waals surface area contributed by atoms with E-state index in [9.17, 15) is 5.11 Å². The first kappa shape index (κ1) is 17.4. The molecule has 2 heterocycles. The van der Waals surface area contributed by atoms with Gasteiger partial charge >= 0.3 is 0 Å². The molecule has 1 aliphatic heterocycles. The number of hydrogen-bond donors (Lipinski definition) is 1. The van der Waals surface area contributed by atoms with Gasteiger partial charge in [-0.3, -0.25) is 4.90 Å². The Labute approximate surface area is 147 Å². The molecule has 1 N–H and O–H groups in total. The summed E-state index contributed by atoms with van der Waals surface area (Å²) in [5.74, 6) is 0.597. The summed E-state index contributed by atoms with van der Waals surface area (Å²) in [5, 5.41) is 28.2. The lowest BCUT2D eigenvalue weighted by molar-refractivity contribution is 0.0403. The topological polar surface area (TPSA) is 87.2 Å². The summed E-state index contributed by atoms with van der Waals surface area (Å²) < 4.78 is 7.48. The second kappa shape index (κ2) is 7.21. The Morgan fingerprint density at radius 3 is 2.92 bits per heavy atom. The predicted molar refractivity (Wildman–Crippen MR) is 92.0 cm³/mol. The third-order valence-corrected chi connectivity index (χ3v) is 4.52. The van der Waals surface area contributed by atoms with Crippen molar-refractivity contribution in [2.75, 3.05) is 26.2 Å². The zero-order valence-corrected chi connectivity index (χ0v) is 14.6. The number of hydrogen-bond acceptors (Lipinski definition) is 6. The normalized spacial score (nSPS) is 20.8. The van der Waals surface area contributed by atoms with E-state index in [4.69, 9.17) is 10.00 Å². The van der Waals surface area contributed by atoms with Gasteiger partial charge in [0.25, 0.3) is 0 Å². The van der Waals surface area contributed by atoms with Gasteiger partial charge in [-0.05, 0) is 32.4 Å².